The van der Waals surface area contributed by atoms with Crippen LogP contribution in [0.2, 0.25) is 0 Å². The minimum Gasteiger partial charge on any atom is -0.322 e. The molecule has 0 aromatic heterocycles. The quantitative estimate of drug-likeness (QED) is 0.643. The van der Waals surface area contributed by atoms with E-state index in [1.54, 1.807) is 0 Å². The molecule has 1 aromatic rings. The Balaban J connectivity index is 3.09. The van der Waals surface area contributed by atoms with Gasteiger partial charge in [-0.05, 0) is 0 Å². The Labute approximate surface area is 93.6 Å². The standard InChI is InChI=1S/C9H5F2N3O3/c10-5-3-6(11)8(14(16)17)4-7(5)13-9(15)1-2-12/h3-4H,1H2,(H,13,15). The second-order valence-electron chi connectivity index (χ2n) is 2.92. The van der Waals surface area contributed by atoms with E-state index in [9.17, 15) is 23.7 Å². The van der Waals surface area contributed by atoms with E-state index in [2.05, 4.69) is 0 Å². The second-order valence-corrected chi connectivity index (χ2v) is 2.92. The second kappa shape index (κ2) is 4.98. The zero-order valence-corrected chi connectivity index (χ0v) is 8.24. The summed E-state index contributed by atoms with van der Waals surface area (Å²) in [6.07, 6.45) is -0.537. The van der Waals surface area contributed by atoms with Crippen LogP contribution >= 0.6 is 0 Å². The molecule has 0 aliphatic rings. The molecule has 0 fully saturated rings. The fourth-order valence-corrected chi connectivity index (χ4v) is 1.04. The highest BCUT2D eigenvalue weighted by atomic mass is 19.1. The van der Waals surface area contributed by atoms with Crippen molar-refractivity contribution >= 4 is 17.3 Å². The van der Waals surface area contributed by atoms with Gasteiger partial charge < -0.3 is 5.32 Å². The summed E-state index contributed by atoms with van der Waals surface area (Å²) in [4.78, 5) is 20.3. The van der Waals surface area contributed by atoms with Crippen molar-refractivity contribution < 1.29 is 18.5 Å². The molecule has 1 N–H and O–H groups in total. The molecule has 88 valence electrons. The lowest BCUT2D eigenvalue weighted by molar-refractivity contribution is -0.387. The minimum absolute atomic E-state index is 0.292. The predicted octanol–water partition coefficient (Wildman–Crippen LogP) is 1.73. The number of nitro benzene ring substituents is 1. The molecule has 0 atom stereocenters. The van der Waals surface area contributed by atoms with Crippen LogP contribution in [0.3, 0.4) is 0 Å². The molecule has 1 aromatic carbocycles. The molecule has 0 spiro atoms. The SMILES string of the molecule is N#CCC(=O)Nc1cc([N+](=O)[O-])c(F)cc1F. The molecule has 1 rings (SSSR count). The summed E-state index contributed by atoms with van der Waals surface area (Å²) in [5.41, 5.74) is -1.50. The number of benzene rings is 1. The summed E-state index contributed by atoms with van der Waals surface area (Å²) >= 11 is 0. The molecule has 17 heavy (non-hydrogen) atoms. The third-order valence-electron chi connectivity index (χ3n) is 1.75. The van der Waals surface area contributed by atoms with Crippen LogP contribution in [-0.4, -0.2) is 10.8 Å². The van der Waals surface area contributed by atoms with Crippen LogP contribution in [-0.2, 0) is 4.79 Å². The topological polar surface area (TPSA) is 96.0 Å². The number of carbonyl (C=O) groups excluding carboxylic acids is 1. The maximum atomic E-state index is 13.1. The Morgan fingerprint density at radius 3 is 2.65 bits per heavy atom. The first-order valence-electron chi connectivity index (χ1n) is 4.26. The molecule has 0 unspecified atom stereocenters. The van der Waals surface area contributed by atoms with Gasteiger partial charge in [-0.15, -0.1) is 0 Å². The number of carbonyl (C=O) groups is 1. The third kappa shape index (κ3) is 2.94. The van der Waals surface area contributed by atoms with Crippen molar-refractivity contribution in [3.8, 4) is 6.07 Å². The Bertz CT molecular complexity index is 525. The van der Waals surface area contributed by atoms with Crippen LogP contribution in [0.4, 0.5) is 20.2 Å². The molecular weight excluding hydrogens is 236 g/mol. The van der Waals surface area contributed by atoms with E-state index >= 15 is 0 Å². The van der Waals surface area contributed by atoms with E-state index < -0.39 is 40.3 Å². The lowest BCUT2D eigenvalue weighted by Gasteiger charge is -2.04. The number of anilines is 1. The van der Waals surface area contributed by atoms with Crippen LogP contribution in [0.15, 0.2) is 12.1 Å². The average Bonchev–Trinajstić information content (AvgIpc) is 2.21. The summed E-state index contributed by atoms with van der Waals surface area (Å²) in [6, 6.07) is 2.36. The fraction of sp³-hybridized carbons (Fsp3) is 0.111. The number of nitrogens with one attached hydrogen (secondary N) is 1. The van der Waals surface area contributed by atoms with Crippen LogP contribution in [0.5, 0.6) is 0 Å². The van der Waals surface area contributed by atoms with E-state index in [1.807, 2.05) is 5.32 Å². The Kier molecular flexibility index (Phi) is 3.66. The normalized spacial score (nSPS) is 9.47. The summed E-state index contributed by atoms with van der Waals surface area (Å²) in [6.45, 7) is 0. The summed E-state index contributed by atoms with van der Waals surface area (Å²) < 4.78 is 26.1. The Morgan fingerprint density at radius 2 is 2.12 bits per heavy atom. The van der Waals surface area contributed by atoms with Gasteiger partial charge in [0.05, 0.1) is 16.7 Å². The van der Waals surface area contributed by atoms with Gasteiger partial charge in [-0.2, -0.15) is 9.65 Å². The summed E-state index contributed by atoms with van der Waals surface area (Å²) in [5.74, 6) is -3.34. The highest BCUT2D eigenvalue weighted by Gasteiger charge is 2.19. The van der Waals surface area contributed by atoms with E-state index in [0.717, 1.165) is 0 Å². The highest BCUT2D eigenvalue weighted by molar-refractivity contribution is 5.92. The van der Waals surface area contributed by atoms with E-state index in [1.165, 1.54) is 6.07 Å². The number of nitro groups is 1. The van der Waals surface area contributed by atoms with Gasteiger partial charge in [0.25, 0.3) is 0 Å². The minimum atomic E-state index is -1.34. The van der Waals surface area contributed by atoms with E-state index in [4.69, 9.17) is 5.26 Å². The summed E-state index contributed by atoms with van der Waals surface area (Å²) in [7, 11) is 0. The number of nitriles is 1. The smallest absolute Gasteiger partial charge is 0.307 e. The molecule has 0 saturated heterocycles. The molecule has 8 heteroatoms. The third-order valence-corrected chi connectivity index (χ3v) is 1.75. The maximum absolute atomic E-state index is 13.1. The fourth-order valence-electron chi connectivity index (χ4n) is 1.04. The van der Waals surface area contributed by atoms with Gasteiger partial charge in [0, 0.05) is 12.1 Å². The zero-order valence-electron chi connectivity index (χ0n) is 8.24. The molecule has 0 radical (unpaired) electrons. The van der Waals surface area contributed by atoms with Gasteiger partial charge in [-0.1, -0.05) is 0 Å². The molecular formula is C9H5F2N3O3. The van der Waals surface area contributed by atoms with Gasteiger partial charge in [-0.3, -0.25) is 14.9 Å². The number of hydrogen-bond acceptors (Lipinski definition) is 4. The number of nitrogens with zero attached hydrogens (tertiary/aromatic N) is 2. The molecule has 0 saturated carbocycles. The first-order valence-corrected chi connectivity index (χ1v) is 4.26. The lowest BCUT2D eigenvalue weighted by Crippen LogP contribution is -2.12. The Hall–Kier alpha value is -2.56. The lowest BCUT2D eigenvalue weighted by atomic mass is 10.2. The van der Waals surface area contributed by atoms with Gasteiger partial charge >= 0.3 is 5.69 Å². The monoisotopic (exact) mass is 241 g/mol. The van der Waals surface area contributed by atoms with E-state index in [-0.39, 0.29) is 0 Å². The van der Waals surface area contributed by atoms with Gasteiger partial charge in [-0.25, -0.2) is 4.39 Å². The van der Waals surface area contributed by atoms with E-state index in [0.29, 0.717) is 12.1 Å². The number of rotatable bonds is 3. The molecule has 6 nitrogen and oxygen atoms in total. The van der Waals surface area contributed by atoms with Crippen LogP contribution < -0.4 is 5.32 Å². The van der Waals surface area contributed by atoms with Gasteiger partial charge in [0.2, 0.25) is 11.7 Å². The van der Waals surface area contributed by atoms with Crippen LogP contribution in [0.1, 0.15) is 6.42 Å². The maximum Gasteiger partial charge on any atom is 0.307 e. The van der Waals surface area contributed by atoms with Crippen LogP contribution in [0.25, 0.3) is 0 Å². The summed E-state index contributed by atoms with van der Waals surface area (Å²) in [5, 5.41) is 20.5. The van der Waals surface area contributed by atoms with Crippen molar-refractivity contribution in [3.05, 3.63) is 33.9 Å². The molecule has 0 aliphatic carbocycles. The first-order chi connectivity index (χ1) is 7.95. The van der Waals surface area contributed by atoms with Gasteiger partial charge in [0.1, 0.15) is 12.2 Å². The van der Waals surface area contributed by atoms with Crippen molar-refractivity contribution in [2.75, 3.05) is 5.32 Å². The number of hydrogen-bond donors (Lipinski definition) is 1. The Morgan fingerprint density at radius 1 is 1.47 bits per heavy atom. The molecule has 1 amide bonds. The highest BCUT2D eigenvalue weighted by Crippen LogP contribution is 2.25. The van der Waals surface area contributed by atoms with Crippen molar-refractivity contribution in [2.45, 2.75) is 6.42 Å². The van der Waals surface area contributed by atoms with Crippen molar-refractivity contribution in [2.24, 2.45) is 0 Å². The predicted molar refractivity (Wildman–Crippen MR) is 51.9 cm³/mol. The zero-order chi connectivity index (χ0) is 13.0. The van der Waals surface area contributed by atoms with Gasteiger partial charge in [0.15, 0.2) is 0 Å². The number of amides is 1. The van der Waals surface area contributed by atoms with Crippen molar-refractivity contribution in [1.29, 1.82) is 5.26 Å². The molecule has 0 bridgehead atoms. The van der Waals surface area contributed by atoms with Crippen molar-refractivity contribution in [3.63, 3.8) is 0 Å². The van der Waals surface area contributed by atoms with Crippen molar-refractivity contribution in [1.82, 2.24) is 0 Å². The largest absolute Gasteiger partial charge is 0.322 e. The number of halogens is 2. The molecule has 0 heterocycles. The first kappa shape index (κ1) is 12.5. The van der Waals surface area contributed by atoms with Crippen LogP contribution in [0, 0.1) is 33.1 Å². The molecule has 0 aliphatic heterocycles. The average molecular weight is 241 g/mol.